The van der Waals surface area contributed by atoms with E-state index in [9.17, 15) is 9.90 Å². The summed E-state index contributed by atoms with van der Waals surface area (Å²) in [6.45, 7) is 3.32. The lowest BCUT2D eigenvalue weighted by atomic mass is 10.2. The molecule has 1 aliphatic rings. The zero-order chi connectivity index (χ0) is 17.8. The first-order valence-electron chi connectivity index (χ1n) is 8.02. The Bertz CT molecular complexity index is 741. The van der Waals surface area contributed by atoms with Crippen LogP contribution in [0.3, 0.4) is 0 Å². The Hall–Kier alpha value is -1.95. The molecule has 0 bridgehead atoms. The van der Waals surface area contributed by atoms with Gasteiger partial charge < -0.3 is 15.3 Å². The van der Waals surface area contributed by atoms with Gasteiger partial charge in [0.05, 0.1) is 12.2 Å². The molecule has 0 saturated carbocycles. The second kappa shape index (κ2) is 7.95. The third kappa shape index (κ3) is 4.78. The number of para-hydroxylation sites is 2. The van der Waals surface area contributed by atoms with Crippen LogP contribution in [0.4, 0.5) is 11.4 Å². The normalized spacial score (nSPS) is 15.2. The molecule has 1 saturated heterocycles. The number of halogens is 2. The first kappa shape index (κ1) is 17.9. The van der Waals surface area contributed by atoms with Crippen molar-refractivity contribution in [3.63, 3.8) is 0 Å². The summed E-state index contributed by atoms with van der Waals surface area (Å²) >= 11 is 11.9. The minimum Gasteiger partial charge on any atom is -0.506 e. The SMILES string of the molecule is O=C(CN1CCN(c2ccccc2O)CC1)Nc1cc(Cl)cc(Cl)c1. The van der Waals surface area contributed by atoms with Gasteiger partial charge in [0.25, 0.3) is 0 Å². The molecule has 2 aromatic rings. The van der Waals surface area contributed by atoms with Gasteiger partial charge in [0.15, 0.2) is 0 Å². The van der Waals surface area contributed by atoms with E-state index in [2.05, 4.69) is 15.1 Å². The first-order valence-corrected chi connectivity index (χ1v) is 8.78. The molecule has 132 valence electrons. The Morgan fingerprint density at radius 3 is 2.32 bits per heavy atom. The topological polar surface area (TPSA) is 55.8 Å². The van der Waals surface area contributed by atoms with Crippen molar-refractivity contribution in [2.24, 2.45) is 0 Å². The largest absolute Gasteiger partial charge is 0.506 e. The second-order valence-electron chi connectivity index (χ2n) is 5.96. The van der Waals surface area contributed by atoms with Crippen LogP contribution >= 0.6 is 23.2 Å². The predicted octanol–water partition coefficient (Wildman–Crippen LogP) is 3.46. The molecule has 5 nitrogen and oxygen atoms in total. The van der Waals surface area contributed by atoms with Crippen LogP contribution in [0.5, 0.6) is 5.75 Å². The summed E-state index contributed by atoms with van der Waals surface area (Å²) in [5, 5.41) is 13.7. The molecule has 2 aromatic carbocycles. The Balaban J connectivity index is 1.52. The number of hydrogen-bond donors (Lipinski definition) is 2. The number of aromatic hydroxyl groups is 1. The van der Waals surface area contributed by atoms with E-state index < -0.39 is 0 Å². The summed E-state index contributed by atoms with van der Waals surface area (Å²) in [6, 6.07) is 12.3. The van der Waals surface area contributed by atoms with Gasteiger partial charge in [-0.25, -0.2) is 0 Å². The van der Waals surface area contributed by atoms with Crippen LogP contribution < -0.4 is 10.2 Å². The number of anilines is 2. The number of benzene rings is 2. The van der Waals surface area contributed by atoms with E-state index in [0.29, 0.717) is 22.3 Å². The molecule has 0 unspecified atom stereocenters. The van der Waals surface area contributed by atoms with Crippen molar-refractivity contribution in [3.8, 4) is 5.75 Å². The van der Waals surface area contributed by atoms with Crippen molar-refractivity contribution in [3.05, 3.63) is 52.5 Å². The van der Waals surface area contributed by atoms with Gasteiger partial charge in [-0.1, -0.05) is 35.3 Å². The van der Waals surface area contributed by atoms with E-state index in [-0.39, 0.29) is 11.7 Å². The van der Waals surface area contributed by atoms with Crippen LogP contribution in [0.15, 0.2) is 42.5 Å². The van der Waals surface area contributed by atoms with E-state index in [4.69, 9.17) is 23.2 Å². The quantitative estimate of drug-likeness (QED) is 0.853. The highest BCUT2D eigenvalue weighted by Gasteiger charge is 2.20. The third-order valence-corrected chi connectivity index (χ3v) is 4.54. The summed E-state index contributed by atoms with van der Waals surface area (Å²) in [5.41, 5.74) is 1.43. The molecule has 2 N–H and O–H groups in total. The standard InChI is InChI=1S/C18H19Cl2N3O2/c19-13-9-14(20)11-15(10-13)21-18(25)12-22-5-7-23(8-6-22)16-3-1-2-4-17(16)24/h1-4,9-11,24H,5-8,12H2,(H,21,25). The highest BCUT2D eigenvalue weighted by molar-refractivity contribution is 6.35. The highest BCUT2D eigenvalue weighted by atomic mass is 35.5. The molecule has 1 fully saturated rings. The van der Waals surface area contributed by atoms with E-state index in [0.717, 1.165) is 31.9 Å². The molecule has 0 aromatic heterocycles. The maximum absolute atomic E-state index is 12.2. The molecule has 3 rings (SSSR count). The van der Waals surface area contributed by atoms with Crippen molar-refractivity contribution in [2.45, 2.75) is 0 Å². The van der Waals surface area contributed by atoms with Crippen molar-refractivity contribution < 1.29 is 9.90 Å². The van der Waals surface area contributed by atoms with Crippen LogP contribution in [-0.2, 0) is 4.79 Å². The number of nitrogens with one attached hydrogen (secondary N) is 1. The lowest BCUT2D eigenvalue weighted by Crippen LogP contribution is -2.48. The molecule has 0 aliphatic carbocycles. The van der Waals surface area contributed by atoms with Gasteiger partial charge >= 0.3 is 0 Å². The number of carbonyl (C=O) groups is 1. The van der Waals surface area contributed by atoms with Crippen molar-refractivity contribution in [2.75, 3.05) is 42.9 Å². The molecule has 1 aliphatic heterocycles. The third-order valence-electron chi connectivity index (χ3n) is 4.11. The maximum Gasteiger partial charge on any atom is 0.238 e. The summed E-state index contributed by atoms with van der Waals surface area (Å²) in [7, 11) is 0. The van der Waals surface area contributed by atoms with E-state index >= 15 is 0 Å². The number of phenols is 1. The summed E-state index contributed by atoms with van der Waals surface area (Å²) in [4.78, 5) is 16.4. The van der Waals surface area contributed by atoms with E-state index in [1.165, 1.54) is 0 Å². The molecule has 0 spiro atoms. The Kier molecular flexibility index (Phi) is 5.68. The lowest BCUT2D eigenvalue weighted by Gasteiger charge is -2.35. The number of nitrogens with zero attached hydrogens (tertiary/aromatic N) is 2. The predicted molar refractivity (Wildman–Crippen MR) is 102 cm³/mol. The van der Waals surface area contributed by atoms with Gasteiger partial charge in [-0.05, 0) is 30.3 Å². The van der Waals surface area contributed by atoms with E-state index in [1.807, 2.05) is 18.2 Å². The number of phenolic OH excluding ortho intramolecular Hbond substituents is 1. The number of hydrogen-bond acceptors (Lipinski definition) is 4. The fourth-order valence-corrected chi connectivity index (χ4v) is 3.43. The second-order valence-corrected chi connectivity index (χ2v) is 6.83. The summed E-state index contributed by atoms with van der Waals surface area (Å²) in [5.74, 6) is 0.181. The number of amides is 1. The fourth-order valence-electron chi connectivity index (χ4n) is 2.91. The average Bonchev–Trinajstić information content (AvgIpc) is 2.55. The average molecular weight is 380 g/mol. The van der Waals surface area contributed by atoms with Gasteiger partial charge in [0.1, 0.15) is 5.75 Å². The maximum atomic E-state index is 12.2. The molecule has 7 heteroatoms. The molecular weight excluding hydrogens is 361 g/mol. The van der Waals surface area contributed by atoms with Crippen molar-refractivity contribution in [1.29, 1.82) is 0 Å². The number of carbonyl (C=O) groups excluding carboxylic acids is 1. The Morgan fingerprint density at radius 2 is 1.68 bits per heavy atom. The zero-order valence-electron chi connectivity index (χ0n) is 13.6. The molecule has 1 amide bonds. The highest BCUT2D eigenvalue weighted by Crippen LogP contribution is 2.27. The first-order chi connectivity index (χ1) is 12.0. The summed E-state index contributed by atoms with van der Waals surface area (Å²) in [6.07, 6.45) is 0. The van der Waals surface area contributed by atoms with Gasteiger partial charge in [0, 0.05) is 41.9 Å². The van der Waals surface area contributed by atoms with Crippen molar-refractivity contribution >= 4 is 40.5 Å². The molecule has 25 heavy (non-hydrogen) atoms. The molecule has 0 atom stereocenters. The monoisotopic (exact) mass is 379 g/mol. The number of piperazine rings is 1. The smallest absolute Gasteiger partial charge is 0.238 e. The minimum atomic E-state index is -0.102. The van der Waals surface area contributed by atoms with Crippen LogP contribution in [0.2, 0.25) is 10.0 Å². The number of rotatable bonds is 4. The van der Waals surface area contributed by atoms with Crippen LogP contribution in [0, 0.1) is 0 Å². The Labute approximate surface area is 156 Å². The molecule has 1 heterocycles. The van der Waals surface area contributed by atoms with Crippen LogP contribution in [-0.4, -0.2) is 48.6 Å². The molecule has 0 radical (unpaired) electrons. The molecular formula is C18H19Cl2N3O2. The fraction of sp³-hybridized carbons (Fsp3) is 0.278. The van der Waals surface area contributed by atoms with Gasteiger partial charge in [-0.2, -0.15) is 0 Å². The lowest BCUT2D eigenvalue weighted by molar-refractivity contribution is -0.117. The van der Waals surface area contributed by atoms with Gasteiger partial charge in [0.2, 0.25) is 5.91 Å². The van der Waals surface area contributed by atoms with Gasteiger partial charge in [-0.3, -0.25) is 9.69 Å². The summed E-state index contributed by atoms with van der Waals surface area (Å²) < 4.78 is 0. The zero-order valence-corrected chi connectivity index (χ0v) is 15.1. The van der Waals surface area contributed by atoms with Crippen LogP contribution in [0.1, 0.15) is 0 Å². The van der Waals surface area contributed by atoms with Crippen molar-refractivity contribution in [1.82, 2.24) is 4.90 Å². The van der Waals surface area contributed by atoms with Crippen LogP contribution in [0.25, 0.3) is 0 Å². The van der Waals surface area contributed by atoms with Gasteiger partial charge in [-0.15, -0.1) is 0 Å². The minimum absolute atomic E-state index is 0.102. The van der Waals surface area contributed by atoms with E-state index in [1.54, 1.807) is 24.3 Å². The Morgan fingerprint density at radius 1 is 1.04 bits per heavy atom.